The zero-order valence-corrected chi connectivity index (χ0v) is 11.5. The number of hydrogen-bond donors (Lipinski definition) is 0. The van der Waals surface area contributed by atoms with Crippen molar-refractivity contribution in [1.82, 2.24) is 4.98 Å². The second-order valence-electron chi connectivity index (χ2n) is 4.75. The van der Waals surface area contributed by atoms with Crippen molar-refractivity contribution in [2.75, 3.05) is 18.0 Å². The molecule has 0 amide bonds. The van der Waals surface area contributed by atoms with E-state index in [-0.39, 0.29) is 0 Å². The molecular weight excluding hydrogens is 254 g/mol. The molecule has 1 fully saturated rings. The highest BCUT2D eigenvalue weighted by Gasteiger charge is 2.14. The molecule has 1 aliphatic rings. The Morgan fingerprint density at radius 1 is 1.11 bits per heavy atom. The molecule has 0 bridgehead atoms. The maximum atomic E-state index is 8.80. The minimum Gasteiger partial charge on any atom is -0.348 e. The van der Waals surface area contributed by atoms with Crippen LogP contribution in [0.3, 0.4) is 0 Å². The first-order valence-electron chi connectivity index (χ1n) is 6.58. The Labute approximate surface area is 117 Å². The Morgan fingerprint density at radius 2 is 1.84 bits per heavy atom. The molecule has 3 rings (SSSR count). The fourth-order valence-corrected chi connectivity index (χ4v) is 3.23. The lowest BCUT2D eigenvalue weighted by molar-refractivity contribution is 0.577. The Bertz CT molecular complexity index is 589. The molecule has 0 radical (unpaired) electrons. The fourth-order valence-electron chi connectivity index (χ4n) is 2.34. The minimum atomic E-state index is 0.690. The average molecular weight is 269 g/mol. The van der Waals surface area contributed by atoms with Gasteiger partial charge >= 0.3 is 0 Å². The lowest BCUT2D eigenvalue weighted by Crippen LogP contribution is -2.29. The van der Waals surface area contributed by atoms with Crippen molar-refractivity contribution in [2.45, 2.75) is 19.3 Å². The van der Waals surface area contributed by atoms with E-state index in [1.165, 1.54) is 19.3 Å². The van der Waals surface area contributed by atoms with Crippen LogP contribution in [0.4, 0.5) is 5.13 Å². The van der Waals surface area contributed by atoms with Gasteiger partial charge in [-0.1, -0.05) is 12.1 Å². The normalized spacial score (nSPS) is 15.2. The van der Waals surface area contributed by atoms with E-state index in [0.29, 0.717) is 5.56 Å². The molecule has 2 aromatic rings. The molecule has 1 aromatic heterocycles. The fraction of sp³-hybridized carbons (Fsp3) is 0.333. The quantitative estimate of drug-likeness (QED) is 0.835. The summed E-state index contributed by atoms with van der Waals surface area (Å²) in [4.78, 5) is 7.10. The highest BCUT2D eigenvalue weighted by Crippen LogP contribution is 2.29. The molecule has 0 spiro atoms. The number of piperidine rings is 1. The SMILES string of the molecule is N#Cc1ccc(-c2csc(N3CCCCC3)n2)cc1. The molecule has 2 heterocycles. The molecule has 1 aliphatic heterocycles. The zero-order chi connectivity index (χ0) is 13.1. The number of aromatic nitrogens is 1. The number of rotatable bonds is 2. The summed E-state index contributed by atoms with van der Waals surface area (Å²) in [6, 6.07) is 9.75. The van der Waals surface area contributed by atoms with Crippen molar-refractivity contribution in [3.63, 3.8) is 0 Å². The number of thiazole rings is 1. The Hall–Kier alpha value is -1.86. The third kappa shape index (κ3) is 2.61. The van der Waals surface area contributed by atoms with Crippen molar-refractivity contribution < 1.29 is 0 Å². The molecule has 0 atom stereocenters. The van der Waals surface area contributed by atoms with Crippen molar-refractivity contribution >= 4 is 16.5 Å². The summed E-state index contributed by atoms with van der Waals surface area (Å²) >= 11 is 1.71. The van der Waals surface area contributed by atoms with Gasteiger partial charge in [0.2, 0.25) is 0 Å². The van der Waals surface area contributed by atoms with Crippen molar-refractivity contribution in [2.24, 2.45) is 0 Å². The van der Waals surface area contributed by atoms with E-state index in [2.05, 4.69) is 16.3 Å². The molecule has 1 aromatic carbocycles. The van der Waals surface area contributed by atoms with Crippen LogP contribution in [0.5, 0.6) is 0 Å². The highest BCUT2D eigenvalue weighted by atomic mass is 32.1. The maximum absolute atomic E-state index is 8.80. The summed E-state index contributed by atoms with van der Waals surface area (Å²) in [5.41, 5.74) is 2.78. The van der Waals surface area contributed by atoms with Gasteiger partial charge in [0.15, 0.2) is 5.13 Å². The predicted octanol–water partition coefficient (Wildman–Crippen LogP) is 3.67. The molecule has 0 N–H and O–H groups in total. The van der Waals surface area contributed by atoms with Crippen LogP contribution in [-0.2, 0) is 0 Å². The van der Waals surface area contributed by atoms with Crippen LogP contribution in [0.2, 0.25) is 0 Å². The predicted molar refractivity (Wildman–Crippen MR) is 78.3 cm³/mol. The molecule has 0 unspecified atom stereocenters. The van der Waals surface area contributed by atoms with Crippen LogP contribution >= 0.6 is 11.3 Å². The van der Waals surface area contributed by atoms with E-state index in [0.717, 1.165) is 29.5 Å². The number of nitriles is 1. The third-order valence-corrected chi connectivity index (χ3v) is 4.33. The van der Waals surface area contributed by atoms with Gasteiger partial charge in [0.05, 0.1) is 17.3 Å². The molecule has 19 heavy (non-hydrogen) atoms. The number of hydrogen-bond acceptors (Lipinski definition) is 4. The molecule has 3 nitrogen and oxygen atoms in total. The summed E-state index contributed by atoms with van der Waals surface area (Å²) in [7, 11) is 0. The van der Waals surface area contributed by atoms with Crippen LogP contribution in [0.1, 0.15) is 24.8 Å². The lowest BCUT2D eigenvalue weighted by atomic mass is 10.1. The number of anilines is 1. The van der Waals surface area contributed by atoms with E-state index in [4.69, 9.17) is 10.2 Å². The monoisotopic (exact) mass is 269 g/mol. The van der Waals surface area contributed by atoms with E-state index in [9.17, 15) is 0 Å². The minimum absolute atomic E-state index is 0.690. The van der Waals surface area contributed by atoms with Crippen LogP contribution in [0.15, 0.2) is 29.6 Å². The van der Waals surface area contributed by atoms with Gasteiger partial charge in [0.25, 0.3) is 0 Å². The van der Waals surface area contributed by atoms with Gasteiger partial charge in [-0.25, -0.2) is 4.98 Å². The molecule has 4 heteroatoms. The van der Waals surface area contributed by atoms with Crippen LogP contribution in [-0.4, -0.2) is 18.1 Å². The summed E-state index contributed by atoms with van der Waals surface area (Å²) in [6.07, 6.45) is 3.88. The number of benzene rings is 1. The van der Waals surface area contributed by atoms with Crippen molar-refractivity contribution in [1.29, 1.82) is 5.26 Å². The Kier molecular flexibility index (Phi) is 3.47. The van der Waals surface area contributed by atoms with Gasteiger partial charge < -0.3 is 4.90 Å². The molecular formula is C15H15N3S. The summed E-state index contributed by atoms with van der Waals surface area (Å²) in [5, 5.41) is 12.0. The second-order valence-corrected chi connectivity index (χ2v) is 5.59. The topological polar surface area (TPSA) is 39.9 Å². The Balaban J connectivity index is 1.81. The molecule has 1 saturated heterocycles. The highest BCUT2D eigenvalue weighted by molar-refractivity contribution is 7.14. The van der Waals surface area contributed by atoms with E-state index < -0.39 is 0 Å². The average Bonchev–Trinajstić information content (AvgIpc) is 2.98. The summed E-state index contributed by atoms with van der Waals surface area (Å²) in [5.74, 6) is 0. The third-order valence-electron chi connectivity index (χ3n) is 3.43. The molecule has 0 saturated carbocycles. The summed E-state index contributed by atoms with van der Waals surface area (Å²) < 4.78 is 0. The molecule has 0 aliphatic carbocycles. The molecule has 96 valence electrons. The van der Waals surface area contributed by atoms with Crippen molar-refractivity contribution in [3.05, 3.63) is 35.2 Å². The standard InChI is InChI=1S/C15H15N3S/c16-10-12-4-6-13(7-5-12)14-11-19-15(17-14)18-8-2-1-3-9-18/h4-7,11H,1-3,8-9H2. The van der Waals surface area contributed by atoms with E-state index in [1.807, 2.05) is 24.3 Å². The summed E-state index contributed by atoms with van der Waals surface area (Å²) in [6.45, 7) is 2.25. The zero-order valence-electron chi connectivity index (χ0n) is 10.7. The first-order chi connectivity index (χ1) is 9.36. The van der Waals surface area contributed by atoms with Crippen LogP contribution in [0, 0.1) is 11.3 Å². The van der Waals surface area contributed by atoms with Gasteiger partial charge in [0.1, 0.15) is 0 Å². The first kappa shape index (κ1) is 12.2. The van der Waals surface area contributed by atoms with Crippen molar-refractivity contribution in [3.8, 4) is 17.3 Å². The lowest BCUT2D eigenvalue weighted by Gasteiger charge is -2.25. The Morgan fingerprint density at radius 3 is 2.53 bits per heavy atom. The van der Waals surface area contributed by atoms with Gasteiger partial charge in [-0.05, 0) is 31.4 Å². The van der Waals surface area contributed by atoms with Gasteiger partial charge in [-0.2, -0.15) is 5.26 Å². The van der Waals surface area contributed by atoms with Gasteiger partial charge in [0, 0.05) is 24.0 Å². The van der Waals surface area contributed by atoms with E-state index >= 15 is 0 Å². The van der Waals surface area contributed by atoms with E-state index in [1.54, 1.807) is 11.3 Å². The van der Waals surface area contributed by atoms with Gasteiger partial charge in [-0.3, -0.25) is 0 Å². The number of nitrogens with zero attached hydrogens (tertiary/aromatic N) is 3. The largest absolute Gasteiger partial charge is 0.348 e. The van der Waals surface area contributed by atoms with Crippen LogP contribution < -0.4 is 4.90 Å². The smallest absolute Gasteiger partial charge is 0.185 e. The van der Waals surface area contributed by atoms with Crippen LogP contribution in [0.25, 0.3) is 11.3 Å². The second kappa shape index (κ2) is 5.41. The first-order valence-corrected chi connectivity index (χ1v) is 7.46. The maximum Gasteiger partial charge on any atom is 0.185 e. The van der Waals surface area contributed by atoms with Gasteiger partial charge in [-0.15, -0.1) is 11.3 Å².